The molecule has 0 fully saturated rings. The maximum Gasteiger partial charge on any atom is 0.324 e. The SMILES string of the molecule is CC#CCC(C/C=C/CBr)(C(=O)OC)C(=O)OC. The number of carbonyl (C=O) groups is 2. The molecule has 0 aromatic rings. The van der Waals surface area contributed by atoms with Crippen LogP contribution in [-0.4, -0.2) is 31.5 Å². The van der Waals surface area contributed by atoms with Gasteiger partial charge in [-0.3, -0.25) is 9.59 Å². The second-order valence-corrected chi connectivity index (χ2v) is 4.15. The van der Waals surface area contributed by atoms with E-state index in [2.05, 4.69) is 27.8 Å². The minimum atomic E-state index is -1.38. The van der Waals surface area contributed by atoms with Crippen LogP contribution in [0.4, 0.5) is 0 Å². The standard InChI is InChI=1S/C13H17BrO4/c1-4-5-8-13(11(15)17-2,12(16)18-3)9-6-7-10-14/h6-7H,8-10H2,1-3H3/b7-6+. The Bertz CT molecular complexity index is 360. The molecule has 0 spiro atoms. The molecule has 0 aliphatic rings. The number of ether oxygens (including phenoxy) is 2. The van der Waals surface area contributed by atoms with Crippen molar-refractivity contribution in [2.45, 2.75) is 19.8 Å². The van der Waals surface area contributed by atoms with Crippen LogP contribution in [0.2, 0.25) is 0 Å². The third kappa shape index (κ3) is 4.19. The molecule has 0 saturated heterocycles. The molecule has 5 heteroatoms. The summed E-state index contributed by atoms with van der Waals surface area (Å²) in [5, 5.41) is 0.644. The molecular formula is C13H17BrO4. The number of esters is 2. The molecule has 0 aromatic heterocycles. The van der Waals surface area contributed by atoms with Crippen molar-refractivity contribution in [3.8, 4) is 11.8 Å². The Balaban J connectivity index is 5.35. The van der Waals surface area contributed by atoms with Crippen molar-refractivity contribution in [2.75, 3.05) is 19.5 Å². The predicted molar refractivity (Wildman–Crippen MR) is 72.1 cm³/mol. The first-order chi connectivity index (χ1) is 8.58. The largest absolute Gasteiger partial charge is 0.468 e. The maximum absolute atomic E-state index is 11.9. The van der Waals surface area contributed by atoms with E-state index in [1.807, 2.05) is 0 Å². The summed E-state index contributed by atoms with van der Waals surface area (Å²) in [5.41, 5.74) is -1.38. The number of allylic oxidation sites excluding steroid dienone is 2. The third-order valence-electron chi connectivity index (χ3n) is 2.44. The number of methoxy groups -OCH3 is 2. The van der Waals surface area contributed by atoms with Gasteiger partial charge in [0.25, 0.3) is 0 Å². The van der Waals surface area contributed by atoms with Gasteiger partial charge >= 0.3 is 11.9 Å². The van der Waals surface area contributed by atoms with Gasteiger partial charge < -0.3 is 9.47 Å². The average Bonchev–Trinajstić information content (AvgIpc) is 2.41. The maximum atomic E-state index is 11.9. The highest BCUT2D eigenvalue weighted by Crippen LogP contribution is 2.30. The highest BCUT2D eigenvalue weighted by Gasteiger charge is 2.46. The lowest BCUT2D eigenvalue weighted by molar-refractivity contribution is -0.168. The normalized spacial score (nSPS) is 10.7. The molecule has 0 N–H and O–H groups in total. The minimum absolute atomic E-state index is 0.0788. The lowest BCUT2D eigenvalue weighted by Gasteiger charge is -2.24. The lowest BCUT2D eigenvalue weighted by Crippen LogP contribution is -2.40. The van der Waals surface area contributed by atoms with E-state index in [0.717, 1.165) is 0 Å². The van der Waals surface area contributed by atoms with E-state index in [1.165, 1.54) is 14.2 Å². The summed E-state index contributed by atoms with van der Waals surface area (Å²) >= 11 is 3.23. The van der Waals surface area contributed by atoms with Gasteiger partial charge in [-0.05, 0) is 13.3 Å². The van der Waals surface area contributed by atoms with Gasteiger partial charge in [-0.15, -0.1) is 11.8 Å². The van der Waals surface area contributed by atoms with Crippen LogP contribution in [-0.2, 0) is 19.1 Å². The molecule has 0 bridgehead atoms. The molecule has 0 aliphatic carbocycles. The fraction of sp³-hybridized carbons (Fsp3) is 0.538. The van der Waals surface area contributed by atoms with Gasteiger partial charge in [-0.2, -0.15) is 0 Å². The molecule has 100 valence electrons. The molecule has 0 rings (SSSR count). The van der Waals surface area contributed by atoms with Gasteiger partial charge in [0.2, 0.25) is 0 Å². The minimum Gasteiger partial charge on any atom is -0.468 e. The van der Waals surface area contributed by atoms with E-state index in [0.29, 0.717) is 5.33 Å². The van der Waals surface area contributed by atoms with Crippen molar-refractivity contribution in [2.24, 2.45) is 5.41 Å². The van der Waals surface area contributed by atoms with Gasteiger partial charge in [-0.25, -0.2) is 0 Å². The van der Waals surface area contributed by atoms with Gasteiger partial charge in [0, 0.05) is 11.8 Å². The van der Waals surface area contributed by atoms with Gasteiger partial charge in [0.1, 0.15) is 0 Å². The van der Waals surface area contributed by atoms with Crippen molar-refractivity contribution in [3.05, 3.63) is 12.2 Å². The van der Waals surface area contributed by atoms with E-state index in [-0.39, 0.29) is 12.8 Å². The molecule has 0 heterocycles. The van der Waals surface area contributed by atoms with Crippen LogP contribution < -0.4 is 0 Å². The molecule has 0 amide bonds. The molecular weight excluding hydrogens is 300 g/mol. The van der Waals surface area contributed by atoms with E-state index < -0.39 is 17.4 Å². The molecule has 0 atom stereocenters. The van der Waals surface area contributed by atoms with E-state index in [1.54, 1.807) is 19.1 Å². The molecule has 18 heavy (non-hydrogen) atoms. The van der Waals surface area contributed by atoms with E-state index in [4.69, 9.17) is 9.47 Å². The highest BCUT2D eigenvalue weighted by atomic mass is 79.9. The molecule has 4 nitrogen and oxygen atoms in total. The van der Waals surface area contributed by atoms with E-state index >= 15 is 0 Å². The summed E-state index contributed by atoms with van der Waals surface area (Å²) < 4.78 is 9.43. The number of hydrogen-bond donors (Lipinski definition) is 0. The number of halogens is 1. The highest BCUT2D eigenvalue weighted by molar-refractivity contribution is 9.09. The molecule has 0 saturated carbocycles. The van der Waals surface area contributed by atoms with Crippen LogP contribution in [0.15, 0.2) is 12.2 Å². The first kappa shape index (κ1) is 16.7. The van der Waals surface area contributed by atoms with Crippen LogP contribution in [0.5, 0.6) is 0 Å². The monoisotopic (exact) mass is 316 g/mol. The third-order valence-corrected chi connectivity index (χ3v) is 2.82. The fourth-order valence-electron chi connectivity index (χ4n) is 1.44. The first-order valence-electron chi connectivity index (χ1n) is 5.36. The Hall–Kier alpha value is -1.28. The summed E-state index contributed by atoms with van der Waals surface area (Å²) in [5.74, 6) is 4.16. The second kappa shape index (κ2) is 8.76. The zero-order chi connectivity index (χ0) is 14.0. The van der Waals surface area contributed by atoms with Crippen molar-refractivity contribution >= 4 is 27.9 Å². The molecule has 0 aliphatic heterocycles. The van der Waals surface area contributed by atoms with Crippen LogP contribution in [0.3, 0.4) is 0 Å². The Morgan fingerprint density at radius 1 is 1.22 bits per heavy atom. The summed E-state index contributed by atoms with van der Waals surface area (Å²) in [4.78, 5) is 23.8. The van der Waals surface area contributed by atoms with Crippen LogP contribution in [0.1, 0.15) is 19.8 Å². The van der Waals surface area contributed by atoms with Gasteiger partial charge in [-0.1, -0.05) is 28.1 Å². The fourth-order valence-corrected chi connectivity index (χ4v) is 1.71. The quantitative estimate of drug-likeness (QED) is 0.247. The molecule has 0 radical (unpaired) electrons. The average molecular weight is 317 g/mol. The number of alkyl halides is 1. The van der Waals surface area contributed by atoms with Gasteiger partial charge in [0.15, 0.2) is 5.41 Å². The Kier molecular flexibility index (Phi) is 8.14. The molecule has 0 unspecified atom stereocenters. The number of hydrogen-bond acceptors (Lipinski definition) is 4. The van der Waals surface area contributed by atoms with Gasteiger partial charge in [0.05, 0.1) is 14.2 Å². The second-order valence-electron chi connectivity index (χ2n) is 3.50. The smallest absolute Gasteiger partial charge is 0.324 e. The van der Waals surface area contributed by atoms with Crippen molar-refractivity contribution in [1.82, 2.24) is 0 Å². The summed E-state index contributed by atoms with van der Waals surface area (Å²) in [6.45, 7) is 1.65. The van der Waals surface area contributed by atoms with Crippen molar-refractivity contribution in [3.63, 3.8) is 0 Å². The number of carbonyl (C=O) groups excluding carboxylic acids is 2. The predicted octanol–water partition coefficient (Wildman–Crippen LogP) is 2.07. The zero-order valence-corrected chi connectivity index (χ0v) is 12.4. The first-order valence-corrected chi connectivity index (χ1v) is 6.48. The summed E-state index contributed by atoms with van der Waals surface area (Å²) in [6, 6.07) is 0. The van der Waals surface area contributed by atoms with Crippen molar-refractivity contribution in [1.29, 1.82) is 0 Å². The zero-order valence-electron chi connectivity index (χ0n) is 10.8. The van der Waals surface area contributed by atoms with Crippen molar-refractivity contribution < 1.29 is 19.1 Å². The van der Waals surface area contributed by atoms with E-state index in [9.17, 15) is 9.59 Å². The number of rotatable bonds is 6. The Morgan fingerprint density at radius 3 is 2.17 bits per heavy atom. The Labute approximate surface area is 116 Å². The topological polar surface area (TPSA) is 52.6 Å². The summed E-state index contributed by atoms with van der Waals surface area (Å²) in [6.07, 6.45) is 3.82. The summed E-state index contributed by atoms with van der Waals surface area (Å²) in [7, 11) is 2.49. The van der Waals surface area contributed by atoms with Crippen LogP contribution in [0, 0.1) is 17.3 Å². The Morgan fingerprint density at radius 2 is 1.78 bits per heavy atom. The van der Waals surface area contributed by atoms with Crippen LogP contribution in [0.25, 0.3) is 0 Å². The molecule has 0 aromatic carbocycles. The lowest BCUT2D eigenvalue weighted by atomic mass is 9.81. The van der Waals surface area contributed by atoms with Crippen LogP contribution >= 0.6 is 15.9 Å².